The minimum absolute atomic E-state index is 0.0118. The van der Waals surface area contributed by atoms with Crippen molar-refractivity contribution in [3.05, 3.63) is 29.8 Å². The molecule has 1 aromatic carbocycles. The zero-order chi connectivity index (χ0) is 40.3. The number of carbonyl (C=O) groups is 1. The van der Waals surface area contributed by atoms with Crippen LogP contribution in [0.25, 0.3) is 0 Å². The largest absolute Gasteiger partial charge is 0.460 e. The first-order chi connectivity index (χ1) is 22.4. The van der Waals surface area contributed by atoms with E-state index in [-0.39, 0.29) is 22.2 Å². The number of hydrogen-bond acceptors (Lipinski definition) is 4. The fourth-order valence-electron chi connectivity index (χ4n) is 4.37. The molecule has 0 aliphatic carbocycles. The molecule has 0 atom stereocenters. The highest BCUT2D eigenvalue weighted by Crippen LogP contribution is 2.66. The molecule has 1 heterocycles. The number of carbonyl (C=O) groups excluding carboxylic acids is 1. The number of alkyl halides is 21. The molecular weight excluding hydrogens is 789 g/mol. The molecule has 0 spiro atoms. The van der Waals surface area contributed by atoms with Crippen LogP contribution in [0.15, 0.2) is 29.2 Å². The Hall–Kier alpha value is -2.31. The van der Waals surface area contributed by atoms with Crippen LogP contribution >= 0.6 is 11.8 Å². The Balaban J connectivity index is 2.32. The van der Waals surface area contributed by atoms with Crippen molar-refractivity contribution >= 4 is 17.5 Å². The van der Waals surface area contributed by atoms with Crippen LogP contribution in [0.4, 0.5) is 92.2 Å². The zero-order valence-corrected chi connectivity index (χ0v) is 26.0. The summed E-state index contributed by atoms with van der Waals surface area (Å²) in [4.78, 5) is 14.5. The summed E-state index contributed by atoms with van der Waals surface area (Å²) < 4.78 is 290. The van der Waals surface area contributed by atoms with Gasteiger partial charge in [0.2, 0.25) is 0 Å². The van der Waals surface area contributed by atoms with Gasteiger partial charge in [0, 0.05) is 35.7 Å². The summed E-state index contributed by atoms with van der Waals surface area (Å²) in [7, 11) is 0. The van der Waals surface area contributed by atoms with Crippen molar-refractivity contribution in [3.63, 3.8) is 0 Å². The molecule has 25 heteroatoms. The lowest BCUT2D eigenvalue weighted by atomic mass is 9.86. The first kappa shape index (κ1) is 44.8. The maximum atomic E-state index is 14.2. The summed E-state index contributed by atoms with van der Waals surface area (Å²) in [5.74, 6) is -79.1. The highest BCUT2D eigenvalue weighted by atomic mass is 32.2. The Morgan fingerprint density at radius 3 is 1.31 bits per heavy atom. The van der Waals surface area contributed by atoms with Gasteiger partial charge in [0.05, 0.1) is 18.8 Å². The molecule has 2 rings (SSSR count). The summed E-state index contributed by atoms with van der Waals surface area (Å²) in [6.45, 7) is 4.43. The van der Waals surface area contributed by atoms with E-state index in [9.17, 15) is 97.0 Å². The second kappa shape index (κ2) is 13.5. The summed E-state index contributed by atoms with van der Waals surface area (Å²) in [5.41, 5.74) is -1.09. The van der Waals surface area contributed by atoms with Gasteiger partial charge in [0.1, 0.15) is 0 Å². The van der Waals surface area contributed by atoms with E-state index in [2.05, 4.69) is 0 Å². The molecule has 1 aromatic rings. The number of rotatable bonds is 15. The van der Waals surface area contributed by atoms with Crippen LogP contribution in [-0.2, 0) is 4.74 Å². The van der Waals surface area contributed by atoms with Gasteiger partial charge in [-0.2, -0.15) is 92.2 Å². The maximum Gasteiger partial charge on any atom is 0.460 e. The van der Waals surface area contributed by atoms with Gasteiger partial charge in [0.15, 0.2) is 5.78 Å². The maximum absolute atomic E-state index is 14.2. The van der Waals surface area contributed by atoms with Crippen LogP contribution < -0.4 is 0 Å². The number of ether oxygens (including phenoxy) is 1. The number of nitrogens with zero attached hydrogens (tertiary/aromatic N) is 1. The van der Waals surface area contributed by atoms with Gasteiger partial charge in [-0.15, -0.1) is 11.8 Å². The molecule has 0 amide bonds. The number of Topliss-reactive ketones (excluding diaryl/α,β-unsaturated/α-hetero) is 1. The standard InChI is InChI=1S/C26H22F21NO2S/c1-16(2,48-8-10-50-11-9-48)15(49)13-3-5-14(6-4-13)51-12-7-17(27,28)18(29,30)19(31,32)20(33,34)21(35,36)22(37,38)23(39,40)24(41,42)25(43,44)26(45,46)47/h3-6H,7-12H2,1-2H3. The van der Waals surface area contributed by atoms with Gasteiger partial charge in [-0.1, -0.05) is 12.1 Å². The Morgan fingerprint density at radius 1 is 0.588 bits per heavy atom. The summed E-state index contributed by atoms with van der Waals surface area (Å²) in [6, 6.07) is 4.21. The van der Waals surface area contributed by atoms with Gasteiger partial charge in [-0.3, -0.25) is 9.69 Å². The molecule has 1 fully saturated rings. The third-order valence-electron chi connectivity index (χ3n) is 7.73. The topological polar surface area (TPSA) is 29.5 Å². The van der Waals surface area contributed by atoms with E-state index in [1.54, 1.807) is 18.7 Å². The number of thioether (sulfide) groups is 1. The fourth-order valence-corrected chi connectivity index (χ4v) is 5.29. The Morgan fingerprint density at radius 2 is 0.941 bits per heavy atom. The molecule has 1 aliphatic heterocycles. The second-order valence-electron chi connectivity index (χ2n) is 11.4. The van der Waals surface area contributed by atoms with Crippen molar-refractivity contribution in [3.8, 4) is 0 Å². The lowest BCUT2D eigenvalue weighted by Crippen LogP contribution is -2.76. The number of morpholine rings is 1. The van der Waals surface area contributed by atoms with Crippen LogP contribution in [0.5, 0.6) is 0 Å². The number of halogens is 21. The smallest absolute Gasteiger partial charge is 0.379 e. The second-order valence-corrected chi connectivity index (χ2v) is 12.6. The van der Waals surface area contributed by atoms with Gasteiger partial charge < -0.3 is 4.74 Å². The third kappa shape index (κ3) is 6.95. The van der Waals surface area contributed by atoms with Crippen molar-refractivity contribution in [2.75, 3.05) is 32.1 Å². The Bertz CT molecular complexity index is 1390. The zero-order valence-electron chi connectivity index (χ0n) is 25.2. The first-order valence-corrected chi connectivity index (χ1v) is 14.5. The monoisotopic (exact) mass is 811 g/mol. The molecule has 0 radical (unpaired) electrons. The lowest BCUT2D eigenvalue weighted by Gasteiger charge is -2.44. The van der Waals surface area contributed by atoms with E-state index in [1.807, 2.05) is 0 Å². The van der Waals surface area contributed by atoms with E-state index in [0.29, 0.717) is 26.3 Å². The summed E-state index contributed by atoms with van der Waals surface area (Å²) >= 11 is 0.0601. The van der Waals surface area contributed by atoms with Crippen molar-refractivity contribution in [1.29, 1.82) is 0 Å². The molecule has 0 N–H and O–H groups in total. The van der Waals surface area contributed by atoms with Gasteiger partial charge >= 0.3 is 59.5 Å². The molecule has 0 unspecified atom stereocenters. The van der Waals surface area contributed by atoms with E-state index in [4.69, 9.17) is 4.74 Å². The van der Waals surface area contributed by atoms with E-state index < -0.39 is 83.0 Å². The predicted molar refractivity (Wildman–Crippen MR) is 133 cm³/mol. The molecule has 0 saturated carbocycles. The van der Waals surface area contributed by atoms with Crippen LogP contribution in [-0.4, -0.2) is 108 Å². The summed E-state index contributed by atoms with van der Waals surface area (Å²) in [5, 5.41) is 0. The van der Waals surface area contributed by atoms with Gasteiger partial charge in [-0.25, -0.2) is 0 Å². The lowest BCUT2D eigenvalue weighted by molar-refractivity contribution is -0.474. The molecular formula is C26H22F21NO2S. The van der Waals surface area contributed by atoms with E-state index >= 15 is 0 Å². The average molecular weight is 811 g/mol. The van der Waals surface area contributed by atoms with Crippen LogP contribution in [0, 0.1) is 0 Å². The van der Waals surface area contributed by atoms with Crippen molar-refractivity contribution < 1.29 is 102 Å². The highest BCUT2D eigenvalue weighted by molar-refractivity contribution is 7.99. The van der Waals surface area contributed by atoms with Crippen LogP contribution in [0.3, 0.4) is 0 Å². The molecule has 0 bridgehead atoms. The molecule has 3 nitrogen and oxygen atoms in total. The molecule has 0 aromatic heterocycles. The minimum atomic E-state index is -9.20. The summed E-state index contributed by atoms with van der Waals surface area (Å²) in [6.07, 6.45) is -10.7. The minimum Gasteiger partial charge on any atom is -0.379 e. The third-order valence-corrected chi connectivity index (χ3v) is 8.75. The molecule has 1 saturated heterocycles. The Labute approximate surface area is 276 Å². The predicted octanol–water partition coefficient (Wildman–Crippen LogP) is 9.74. The molecule has 1 aliphatic rings. The fraction of sp³-hybridized carbons (Fsp3) is 0.731. The Kier molecular flexibility index (Phi) is 11.9. The number of benzene rings is 1. The first-order valence-electron chi connectivity index (χ1n) is 13.5. The van der Waals surface area contributed by atoms with Crippen molar-refractivity contribution in [2.45, 2.75) is 90.2 Å². The van der Waals surface area contributed by atoms with Gasteiger partial charge in [0.25, 0.3) is 0 Å². The molecule has 296 valence electrons. The van der Waals surface area contributed by atoms with Gasteiger partial charge in [-0.05, 0) is 26.0 Å². The van der Waals surface area contributed by atoms with Crippen molar-refractivity contribution in [1.82, 2.24) is 4.90 Å². The van der Waals surface area contributed by atoms with Crippen molar-refractivity contribution in [2.24, 2.45) is 0 Å². The molecule has 51 heavy (non-hydrogen) atoms. The highest BCUT2D eigenvalue weighted by Gasteiger charge is 2.97. The number of hydrogen-bond donors (Lipinski definition) is 0. The normalized spacial score (nSPS) is 17.5. The quantitative estimate of drug-likeness (QED) is 0.100. The van der Waals surface area contributed by atoms with E-state index in [1.165, 1.54) is 0 Å². The van der Waals surface area contributed by atoms with Crippen LogP contribution in [0.2, 0.25) is 0 Å². The number of ketones is 1. The van der Waals surface area contributed by atoms with E-state index in [0.717, 1.165) is 24.3 Å². The average Bonchev–Trinajstić information content (AvgIpc) is 3.00. The SMILES string of the molecule is CC(C)(C(=O)c1ccc(SCCC(F)(F)C(F)(F)C(F)(F)C(F)(F)C(F)(F)C(F)(F)C(F)(F)C(F)(F)C(F)(F)C(F)(F)F)cc1)N1CCOCC1. The van der Waals surface area contributed by atoms with Crippen LogP contribution in [0.1, 0.15) is 30.6 Å².